The van der Waals surface area contributed by atoms with Gasteiger partial charge in [-0.25, -0.2) is 4.39 Å². The van der Waals surface area contributed by atoms with E-state index in [1.807, 2.05) is 18.2 Å². The molecule has 21 heavy (non-hydrogen) atoms. The Morgan fingerprint density at radius 2 is 1.57 bits per heavy atom. The second-order valence-electron chi connectivity index (χ2n) is 6.80. The summed E-state index contributed by atoms with van der Waals surface area (Å²) < 4.78 is 13.9. The number of hydrogen-bond acceptors (Lipinski definition) is 1. The molecule has 0 amide bonds. The monoisotopic (exact) mass is 286 g/mol. The number of aliphatic hydroxyl groups excluding tert-OH is 1. The average Bonchev–Trinajstić information content (AvgIpc) is 2.46. The Morgan fingerprint density at radius 1 is 0.952 bits per heavy atom. The van der Waals surface area contributed by atoms with E-state index >= 15 is 0 Å². The number of rotatable bonds is 2. The van der Waals surface area contributed by atoms with Crippen LogP contribution in [0.15, 0.2) is 36.4 Å². The summed E-state index contributed by atoms with van der Waals surface area (Å²) in [6.07, 6.45) is 2.85. The van der Waals surface area contributed by atoms with Crippen molar-refractivity contribution in [2.45, 2.75) is 39.2 Å². The molecule has 1 saturated carbocycles. The molecule has 2 aromatic rings. The lowest BCUT2D eigenvalue weighted by Crippen LogP contribution is -2.24. The molecule has 3 unspecified atom stereocenters. The van der Waals surface area contributed by atoms with Gasteiger partial charge in [-0.2, -0.15) is 0 Å². The van der Waals surface area contributed by atoms with Crippen molar-refractivity contribution < 1.29 is 9.50 Å². The minimum Gasteiger partial charge on any atom is -0.388 e. The van der Waals surface area contributed by atoms with Crippen molar-refractivity contribution in [3.63, 3.8) is 0 Å². The molecule has 0 spiro atoms. The van der Waals surface area contributed by atoms with Gasteiger partial charge in [0, 0.05) is 5.39 Å². The third-order valence-electron chi connectivity index (χ3n) is 4.88. The molecule has 3 atom stereocenters. The normalized spacial score (nSPS) is 27.7. The number of hydrogen-bond donors (Lipinski definition) is 1. The number of fused-ring (bicyclic) bond motifs is 1. The zero-order chi connectivity index (χ0) is 15.0. The van der Waals surface area contributed by atoms with E-state index < -0.39 is 6.10 Å². The van der Waals surface area contributed by atoms with Gasteiger partial charge in [-0.05, 0) is 54.0 Å². The van der Waals surface area contributed by atoms with Gasteiger partial charge in [-0.1, -0.05) is 44.2 Å². The lowest BCUT2D eigenvalue weighted by atomic mass is 9.73. The highest BCUT2D eigenvalue weighted by Gasteiger charge is 2.30. The second kappa shape index (κ2) is 5.76. The summed E-state index contributed by atoms with van der Waals surface area (Å²) in [6.45, 7) is 4.52. The van der Waals surface area contributed by atoms with Crippen LogP contribution in [0.25, 0.3) is 10.8 Å². The van der Waals surface area contributed by atoms with Crippen LogP contribution in [0.4, 0.5) is 4.39 Å². The predicted octanol–water partition coefficient (Wildman–Crippen LogP) is 5.08. The molecule has 0 aromatic heterocycles. The molecule has 3 rings (SSSR count). The molecule has 112 valence electrons. The predicted molar refractivity (Wildman–Crippen MR) is 84.5 cm³/mol. The highest BCUT2D eigenvalue weighted by Crippen LogP contribution is 2.41. The van der Waals surface area contributed by atoms with Crippen LogP contribution in [0.2, 0.25) is 0 Å². The Hall–Kier alpha value is -1.41. The zero-order valence-electron chi connectivity index (χ0n) is 12.7. The molecule has 1 fully saturated rings. The minimum atomic E-state index is -0.499. The van der Waals surface area contributed by atoms with Crippen LogP contribution >= 0.6 is 0 Å². The van der Waals surface area contributed by atoms with E-state index in [1.165, 1.54) is 12.5 Å². The van der Waals surface area contributed by atoms with E-state index in [-0.39, 0.29) is 11.7 Å². The molecule has 0 aliphatic heterocycles. The summed E-state index contributed by atoms with van der Waals surface area (Å²) in [7, 11) is 0. The maximum absolute atomic E-state index is 13.9. The number of halogens is 1. The first-order valence-corrected chi connectivity index (χ1v) is 7.91. The molecule has 1 aliphatic rings. The molecule has 1 N–H and O–H groups in total. The first kappa shape index (κ1) is 14.5. The Labute approximate surface area is 125 Å². The Morgan fingerprint density at radius 3 is 2.24 bits per heavy atom. The highest BCUT2D eigenvalue weighted by atomic mass is 19.1. The summed E-state index contributed by atoms with van der Waals surface area (Å²) in [5, 5.41) is 12.3. The molecular formula is C19H23FO. The molecule has 0 radical (unpaired) electrons. The van der Waals surface area contributed by atoms with Crippen LogP contribution in [-0.4, -0.2) is 5.11 Å². The van der Waals surface area contributed by atoms with Gasteiger partial charge in [-0.3, -0.25) is 0 Å². The Kier molecular flexibility index (Phi) is 3.99. The van der Waals surface area contributed by atoms with Crippen molar-refractivity contribution in [2.24, 2.45) is 17.8 Å². The van der Waals surface area contributed by atoms with E-state index in [9.17, 15) is 9.50 Å². The van der Waals surface area contributed by atoms with Gasteiger partial charge < -0.3 is 5.11 Å². The molecule has 1 nitrogen and oxygen atoms in total. The van der Waals surface area contributed by atoms with Crippen LogP contribution in [0.3, 0.4) is 0 Å². The largest absolute Gasteiger partial charge is 0.388 e. The highest BCUT2D eigenvalue weighted by molar-refractivity contribution is 5.86. The molecule has 1 aliphatic carbocycles. The van der Waals surface area contributed by atoms with E-state index in [0.717, 1.165) is 23.8 Å². The molecule has 0 bridgehead atoms. The first-order chi connectivity index (χ1) is 10.1. The lowest BCUT2D eigenvalue weighted by Gasteiger charge is -2.34. The quantitative estimate of drug-likeness (QED) is 0.815. The van der Waals surface area contributed by atoms with Crippen molar-refractivity contribution in [1.29, 1.82) is 0 Å². The summed E-state index contributed by atoms with van der Waals surface area (Å²) >= 11 is 0. The maximum Gasteiger partial charge on any atom is 0.131 e. The van der Waals surface area contributed by atoms with Gasteiger partial charge in [-0.15, -0.1) is 0 Å². The minimum absolute atomic E-state index is 0.216. The van der Waals surface area contributed by atoms with E-state index in [1.54, 1.807) is 12.1 Å². The van der Waals surface area contributed by atoms with Crippen LogP contribution in [0.1, 0.15) is 44.8 Å². The van der Waals surface area contributed by atoms with Gasteiger partial charge in [0.05, 0.1) is 6.10 Å². The van der Waals surface area contributed by atoms with Crippen molar-refractivity contribution in [2.75, 3.05) is 0 Å². The first-order valence-electron chi connectivity index (χ1n) is 7.91. The summed E-state index contributed by atoms with van der Waals surface area (Å²) in [4.78, 5) is 0. The Balaban J connectivity index is 1.98. The lowest BCUT2D eigenvalue weighted by molar-refractivity contribution is 0.0561. The average molecular weight is 286 g/mol. The van der Waals surface area contributed by atoms with E-state index in [4.69, 9.17) is 0 Å². The molecule has 2 aromatic carbocycles. The Bertz CT molecular complexity index is 626. The van der Waals surface area contributed by atoms with Gasteiger partial charge in [0.15, 0.2) is 0 Å². The van der Waals surface area contributed by atoms with Gasteiger partial charge >= 0.3 is 0 Å². The van der Waals surface area contributed by atoms with Gasteiger partial charge in [0.2, 0.25) is 0 Å². The summed E-state index contributed by atoms with van der Waals surface area (Å²) in [5.74, 6) is 1.37. The molecule has 0 saturated heterocycles. The molecule has 0 heterocycles. The SMILES string of the molecule is CC1CC(C)CC(C(O)c2ccc(F)c3ccccc23)C1. The number of benzene rings is 2. The van der Waals surface area contributed by atoms with Crippen LogP contribution < -0.4 is 0 Å². The number of aliphatic hydroxyl groups is 1. The van der Waals surface area contributed by atoms with E-state index in [0.29, 0.717) is 17.2 Å². The fourth-order valence-corrected chi connectivity index (χ4v) is 4.06. The maximum atomic E-state index is 13.9. The second-order valence-corrected chi connectivity index (χ2v) is 6.80. The van der Waals surface area contributed by atoms with Crippen LogP contribution in [0, 0.1) is 23.6 Å². The molecule has 2 heteroatoms. The van der Waals surface area contributed by atoms with Gasteiger partial charge in [0.25, 0.3) is 0 Å². The summed E-state index contributed by atoms with van der Waals surface area (Å²) in [5.41, 5.74) is 0.873. The van der Waals surface area contributed by atoms with Crippen LogP contribution in [0.5, 0.6) is 0 Å². The van der Waals surface area contributed by atoms with Crippen molar-refractivity contribution >= 4 is 10.8 Å². The van der Waals surface area contributed by atoms with Gasteiger partial charge in [0.1, 0.15) is 5.82 Å². The van der Waals surface area contributed by atoms with E-state index in [2.05, 4.69) is 13.8 Å². The zero-order valence-corrected chi connectivity index (χ0v) is 12.7. The fourth-order valence-electron chi connectivity index (χ4n) is 4.06. The van der Waals surface area contributed by atoms with Crippen molar-refractivity contribution in [1.82, 2.24) is 0 Å². The fraction of sp³-hybridized carbons (Fsp3) is 0.474. The smallest absolute Gasteiger partial charge is 0.131 e. The third kappa shape index (κ3) is 2.82. The summed E-state index contributed by atoms with van der Waals surface area (Å²) in [6, 6.07) is 10.7. The third-order valence-corrected chi connectivity index (χ3v) is 4.88. The van der Waals surface area contributed by atoms with Crippen molar-refractivity contribution in [3.05, 3.63) is 47.8 Å². The standard InChI is InChI=1S/C19H23FO/c1-12-9-13(2)11-14(10-12)19(21)17-7-8-18(20)16-6-4-3-5-15(16)17/h3-8,12-14,19,21H,9-11H2,1-2H3. The molecular weight excluding hydrogens is 263 g/mol. The van der Waals surface area contributed by atoms with Crippen LogP contribution in [-0.2, 0) is 0 Å². The topological polar surface area (TPSA) is 20.2 Å². The van der Waals surface area contributed by atoms with Crippen molar-refractivity contribution in [3.8, 4) is 0 Å².